The molecule has 0 aliphatic heterocycles. The second kappa shape index (κ2) is 11.8. The van der Waals surface area contributed by atoms with E-state index in [1.807, 2.05) is 54.6 Å². The number of ether oxygens (including phenoxy) is 1. The molecule has 7 heteroatoms. The van der Waals surface area contributed by atoms with Gasteiger partial charge < -0.3 is 14.5 Å². The minimum absolute atomic E-state index is 0.0699. The number of halogens is 2. The van der Waals surface area contributed by atoms with E-state index >= 15 is 0 Å². The average molecular weight is 495 g/mol. The highest BCUT2D eigenvalue weighted by molar-refractivity contribution is 6.36. The Morgan fingerprint density at radius 2 is 1.62 bits per heavy atom. The quantitative estimate of drug-likeness (QED) is 0.269. The zero-order valence-electron chi connectivity index (χ0n) is 18.5. The van der Waals surface area contributed by atoms with Crippen LogP contribution in [0.3, 0.4) is 0 Å². The monoisotopic (exact) mass is 494 g/mol. The van der Waals surface area contributed by atoms with Crippen molar-refractivity contribution in [3.63, 3.8) is 0 Å². The molecule has 0 saturated heterocycles. The normalized spacial score (nSPS) is 10.9. The first-order valence-electron chi connectivity index (χ1n) is 10.9. The standard InChI is InChI=1S/C27H24Cl2N2O3/c28-22-10-11-23(24(29)14-22)25-16-31-27(34-25)13-12-26(32)30-15-19-6-8-21(9-7-19)18-33-17-20-4-2-1-3-5-20/h1-11,14,16H,12-13,15,17-18H2,(H,30,32). The number of rotatable bonds is 10. The van der Waals surface area contributed by atoms with Crippen molar-refractivity contribution in [3.05, 3.63) is 112 Å². The molecule has 0 bridgehead atoms. The minimum Gasteiger partial charge on any atom is -0.441 e. The molecule has 1 aromatic heterocycles. The molecule has 174 valence electrons. The molecule has 0 aliphatic rings. The molecule has 3 aromatic carbocycles. The predicted molar refractivity (Wildman–Crippen MR) is 134 cm³/mol. The van der Waals surface area contributed by atoms with E-state index in [9.17, 15) is 4.79 Å². The van der Waals surface area contributed by atoms with Crippen LogP contribution in [0.5, 0.6) is 0 Å². The third-order valence-corrected chi connectivity index (χ3v) is 5.76. The lowest BCUT2D eigenvalue weighted by Crippen LogP contribution is -2.23. The van der Waals surface area contributed by atoms with Crippen LogP contribution in [0.15, 0.2) is 83.4 Å². The van der Waals surface area contributed by atoms with Crippen molar-refractivity contribution in [1.82, 2.24) is 10.3 Å². The molecule has 0 radical (unpaired) electrons. The molecule has 5 nitrogen and oxygen atoms in total. The number of carbonyl (C=O) groups excluding carboxylic acids is 1. The van der Waals surface area contributed by atoms with Crippen molar-refractivity contribution in [1.29, 1.82) is 0 Å². The van der Waals surface area contributed by atoms with E-state index in [2.05, 4.69) is 10.3 Å². The number of aromatic nitrogens is 1. The van der Waals surface area contributed by atoms with Gasteiger partial charge in [-0.2, -0.15) is 0 Å². The lowest BCUT2D eigenvalue weighted by Gasteiger charge is -2.07. The Morgan fingerprint density at radius 3 is 2.35 bits per heavy atom. The molecule has 4 aromatic rings. The fourth-order valence-corrected chi connectivity index (χ4v) is 3.87. The number of carbonyl (C=O) groups is 1. The van der Waals surface area contributed by atoms with Crippen LogP contribution in [-0.2, 0) is 35.7 Å². The first-order chi connectivity index (χ1) is 16.6. The van der Waals surface area contributed by atoms with Gasteiger partial charge in [-0.1, -0.05) is 77.8 Å². The number of oxazole rings is 1. The lowest BCUT2D eigenvalue weighted by atomic mass is 10.1. The van der Waals surface area contributed by atoms with E-state index in [1.165, 1.54) is 0 Å². The van der Waals surface area contributed by atoms with E-state index in [1.54, 1.807) is 24.4 Å². The van der Waals surface area contributed by atoms with Crippen LogP contribution in [-0.4, -0.2) is 10.9 Å². The van der Waals surface area contributed by atoms with Crippen molar-refractivity contribution < 1.29 is 13.9 Å². The number of nitrogens with one attached hydrogen (secondary N) is 1. The van der Waals surface area contributed by atoms with E-state index in [4.69, 9.17) is 32.4 Å². The highest BCUT2D eigenvalue weighted by Crippen LogP contribution is 2.30. The summed E-state index contributed by atoms with van der Waals surface area (Å²) in [6, 6.07) is 23.3. The summed E-state index contributed by atoms with van der Waals surface area (Å²) in [5.41, 5.74) is 3.97. The molecule has 0 saturated carbocycles. The molecule has 0 atom stereocenters. The zero-order valence-corrected chi connectivity index (χ0v) is 20.0. The van der Waals surface area contributed by atoms with Gasteiger partial charge in [0.2, 0.25) is 5.91 Å². The fourth-order valence-electron chi connectivity index (χ4n) is 3.36. The maximum absolute atomic E-state index is 12.3. The van der Waals surface area contributed by atoms with Crippen LogP contribution < -0.4 is 5.32 Å². The Bertz CT molecular complexity index is 1220. The van der Waals surface area contributed by atoms with Crippen LogP contribution in [0.25, 0.3) is 11.3 Å². The van der Waals surface area contributed by atoms with Crippen LogP contribution >= 0.6 is 23.2 Å². The smallest absolute Gasteiger partial charge is 0.220 e. The van der Waals surface area contributed by atoms with Gasteiger partial charge in [-0.15, -0.1) is 0 Å². The molecular weight excluding hydrogens is 471 g/mol. The molecule has 0 aliphatic carbocycles. The summed E-state index contributed by atoms with van der Waals surface area (Å²) in [6.45, 7) is 1.58. The maximum atomic E-state index is 12.3. The van der Waals surface area contributed by atoms with Crippen molar-refractivity contribution in [3.8, 4) is 11.3 Å². The molecule has 0 fully saturated rings. The van der Waals surface area contributed by atoms with Gasteiger partial charge in [-0.3, -0.25) is 4.79 Å². The Morgan fingerprint density at radius 1 is 0.912 bits per heavy atom. The Kier molecular flexibility index (Phi) is 8.36. The van der Waals surface area contributed by atoms with Gasteiger partial charge in [0.25, 0.3) is 0 Å². The summed E-state index contributed by atoms with van der Waals surface area (Å²) < 4.78 is 11.5. The minimum atomic E-state index is -0.0699. The molecule has 1 amide bonds. The molecule has 1 N–H and O–H groups in total. The van der Waals surface area contributed by atoms with Crippen molar-refractivity contribution in [2.45, 2.75) is 32.6 Å². The topological polar surface area (TPSA) is 64.4 Å². The molecule has 34 heavy (non-hydrogen) atoms. The molecule has 0 spiro atoms. The molecule has 4 rings (SSSR count). The Balaban J connectivity index is 1.19. The second-order valence-corrected chi connectivity index (χ2v) is 8.66. The SMILES string of the molecule is O=C(CCc1ncc(-c2ccc(Cl)cc2Cl)o1)NCc1ccc(COCc2ccccc2)cc1. The van der Waals surface area contributed by atoms with Crippen molar-refractivity contribution in [2.24, 2.45) is 0 Å². The number of hydrogen-bond acceptors (Lipinski definition) is 4. The van der Waals surface area contributed by atoms with Crippen molar-refractivity contribution >= 4 is 29.1 Å². The molecule has 1 heterocycles. The van der Waals surface area contributed by atoms with Gasteiger partial charge in [-0.25, -0.2) is 4.98 Å². The number of amides is 1. The molecular formula is C27H24Cl2N2O3. The number of hydrogen-bond donors (Lipinski definition) is 1. The number of benzene rings is 3. The van der Waals surface area contributed by atoms with Gasteiger partial charge in [0.05, 0.1) is 24.4 Å². The van der Waals surface area contributed by atoms with Gasteiger partial charge in [0.1, 0.15) is 0 Å². The lowest BCUT2D eigenvalue weighted by molar-refractivity contribution is -0.121. The summed E-state index contributed by atoms with van der Waals surface area (Å²) in [7, 11) is 0. The highest BCUT2D eigenvalue weighted by Gasteiger charge is 2.12. The van der Waals surface area contributed by atoms with Crippen LogP contribution in [0, 0.1) is 0 Å². The summed E-state index contributed by atoms with van der Waals surface area (Å²) in [5, 5.41) is 3.97. The Labute approximate surface area is 208 Å². The average Bonchev–Trinajstić information content (AvgIpc) is 3.31. The predicted octanol–water partition coefficient (Wildman–Crippen LogP) is 6.61. The van der Waals surface area contributed by atoms with E-state index in [0.717, 1.165) is 16.7 Å². The third kappa shape index (κ3) is 6.94. The summed E-state index contributed by atoms with van der Waals surface area (Å²) in [5.74, 6) is 0.959. The first-order valence-corrected chi connectivity index (χ1v) is 11.7. The van der Waals surface area contributed by atoms with Crippen molar-refractivity contribution in [2.75, 3.05) is 0 Å². The largest absolute Gasteiger partial charge is 0.441 e. The second-order valence-electron chi connectivity index (χ2n) is 7.81. The zero-order chi connectivity index (χ0) is 23.8. The number of nitrogens with zero attached hydrogens (tertiary/aromatic N) is 1. The third-order valence-electron chi connectivity index (χ3n) is 5.21. The fraction of sp³-hybridized carbons (Fsp3) is 0.185. The van der Waals surface area contributed by atoms with E-state index < -0.39 is 0 Å². The number of aryl methyl sites for hydroxylation is 1. The summed E-state index contributed by atoms with van der Waals surface area (Å²) in [4.78, 5) is 16.5. The van der Waals surface area contributed by atoms with Crippen LogP contribution in [0.2, 0.25) is 10.0 Å². The first kappa shape index (κ1) is 24.0. The summed E-state index contributed by atoms with van der Waals surface area (Å²) >= 11 is 12.2. The van der Waals surface area contributed by atoms with Gasteiger partial charge in [0.15, 0.2) is 11.7 Å². The van der Waals surface area contributed by atoms with Gasteiger partial charge >= 0.3 is 0 Å². The van der Waals surface area contributed by atoms with Crippen LogP contribution in [0.1, 0.15) is 29.0 Å². The van der Waals surface area contributed by atoms with E-state index in [-0.39, 0.29) is 12.3 Å². The Hall–Kier alpha value is -3.12. The highest BCUT2D eigenvalue weighted by atomic mass is 35.5. The maximum Gasteiger partial charge on any atom is 0.220 e. The van der Waals surface area contributed by atoms with Gasteiger partial charge in [0, 0.05) is 30.0 Å². The van der Waals surface area contributed by atoms with E-state index in [0.29, 0.717) is 53.4 Å². The summed E-state index contributed by atoms with van der Waals surface area (Å²) in [6.07, 6.45) is 2.28. The van der Waals surface area contributed by atoms with Gasteiger partial charge in [-0.05, 0) is 34.9 Å². The van der Waals surface area contributed by atoms with Crippen LogP contribution in [0.4, 0.5) is 0 Å². The molecule has 0 unspecified atom stereocenters.